The molecule has 19 heavy (non-hydrogen) atoms. The third-order valence-electron chi connectivity index (χ3n) is 3.39. The van der Waals surface area contributed by atoms with Gasteiger partial charge < -0.3 is 0 Å². The number of allylic oxidation sites excluding steroid dienone is 2. The van der Waals surface area contributed by atoms with E-state index in [9.17, 15) is 0 Å². The molecule has 0 radical (unpaired) electrons. The molecule has 0 N–H and O–H groups in total. The second-order valence-electron chi connectivity index (χ2n) is 5.73. The number of benzene rings is 1. The zero-order valence-corrected chi connectivity index (χ0v) is 13.9. The van der Waals surface area contributed by atoms with E-state index in [4.69, 9.17) is 0 Å². The molecule has 1 aromatic carbocycles. The average molecular weight is 276 g/mol. The molecule has 0 aliphatic heterocycles. The Morgan fingerprint density at radius 2 is 1.95 bits per heavy atom. The number of hydrogen-bond donors (Lipinski definition) is 0. The van der Waals surface area contributed by atoms with Crippen LogP contribution in [0.15, 0.2) is 34.7 Å². The van der Waals surface area contributed by atoms with E-state index in [0.29, 0.717) is 0 Å². The maximum Gasteiger partial charge on any atom is 0.00780 e. The van der Waals surface area contributed by atoms with E-state index >= 15 is 0 Å². The molecule has 0 unspecified atom stereocenters. The van der Waals surface area contributed by atoms with Crippen LogP contribution in [0.25, 0.3) is 5.57 Å². The fourth-order valence-electron chi connectivity index (χ4n) is 2.17. The van der Waals surface area contributed by atoms with Gasteiger partial charge in [-0.2, -0.15) is 0 Å². The molecule has 0 aliphatic carbocycles. The zero-order valence-electron chi connectivity index (χ0n) is 13.1. The lowest BCUT2D eigenvalue weighted by Gasteiger charge is -2.11. The highest BCUT2D eigenvalue weighted by Crippen LogP contribution is 2.27. The molecule has 0 spiro atoms. The van der Waals surface area contributed by atoms with E-state index in [1.807, 2.05) is 11.8 Å². The normalized spacial score (nSPS) is 12.7. The van der Waals surface area contributed by atoms with Crippen molar-refractivity contribution in [3.8, 4) is 0 Å². The van der Waals surface area contributed by atoms with Crippen molar-refractivity contribution in [2.75, 3.05) is 5.75 Å². The molecule has 0 heterocycles. The zero-order chi connectivity index (χ0) is 14.3. The molecule has 1 aromatic rings. The summed E-state index contributed by atoms with van der Waals surface area (Å²) in [5.41, 5.74) is 4.36. The molecule has 0 amide bonds. The second-order valence-corrected chi connectivity index (χ2v) is 6.90. The van der Waals surface area contributed by atoms with Gasteiger partial charge in [0.1, 0.15) is 0 Å². The van der Waals surface area contributed by atoms with Crippen LogP contribution in [0.4, 0.5) is 0 Å². The molecular weight excluding hydrogens is 248 g/mol. The molecule has 0 bridgehead atoms. The smallest absolute Gasteiger partial charge is 0.00780 e. The van der Waals surface area contributed by atoms with Gasteiger partial charge in [0.05, 0.1) is 0 Å². The van der Waals surface area contributed by atoms with E-state index in [1.165, 1.54) is 46.6 Å². The van der Waals surface area contributed by atoms with Crippen LogP contribution >= 0.6 is 11.8 Å². The molecular formula is C18H28S. The van der Waals surface area contributed by atoms with E-state index < -0.39 is 0 Å². The number of unbranched alkanes of at least 4 members (excludes halogenated alkanes) is 1. The van der Waals surface area contributed by atoms with E-state index in [1.54, 1.807) is 0 Å². The SMILES string of the molecule is CCCCSc1cccc(/C(C)=C(/C)CC(C)C)c1. The molecule has 106 valence electrons. The molecule has 0 aliphatic rings. The Morgan fingerprint density at radius 1 is 1.21 bits per heavy atom. The average Bonchev–Trinajstić information content (AvgIpc) is 2.38. The first-order valence-electron chi connectivity index (χ1n) is 7.44. The first-order chi connectivity index (χ1) is 9.04. The highest BCUT2D eigenvalue weighted by molar-refractivity contribution is 7.99. The summed E-state index contributed by atoms with van der Waals surface area (Å²) < 4.78 is 0. The van der Waals surface area contributed by atoms with Crippen LogP contribution in [0.5, 0.6) is 0 Å². The second kappa shape index (κ2) is 8.47. The van der Waals surface area contributed by atoms with E-state index in [0.717, 1.165) is 5.92 Å². The molecule has 0 aromatic heterocycles. The predicted octanol–water partition coefficient (Wildman–Crippen LogP) is 6.42. The Morgan fingerprint density at radius 3 is 2.58 bits per heavy atom. The van der Waals surface area contributed by atoms with Crippen molar-refractivity contribution in [3.63, 3.8) is 0 Å². The van der Waals surface area contributed by atoms with Crippen molar-refractivity contribution in [1.29, 1.82) is 0 Å². The summed E-state index contributed by atoms with van der Waals surface area (Å²) in [7, 11) is 0. The summed E-state index contributed by atoms with van der Waals surface area (Å²) in [6, 6.07) is 9.01. The van der Waals surface area contributed by atoms with Crippen LogP contribution in [0.1, 0.15) is 59.4 Å². The molecule has 0 fully saturated rings. The highest BCUT2D eigenvalue weighted by Gasteiger charge is 2.04. The van der Waals surface area contributed by atoms with Crippen molar-refractivity contribution in [2.45, 2.75) is 58.8 Å². The van der Waals surface area contributed by atoms with Crippen LogP contribution in [-0.4, -0.2) is 5.75 Å². The van der Waals surface area contributed by atoms with Gasteiger partial charge in [-0.3, -0.25) is 0 Å². The third-order valence-corrected chi connectivity index (χ3v) is 4.47. The maximum absolute atomic E-state index is 2.35. The van der Waals surface area contributed by atoms with Crippen molar-refractivity contribution < 1.29 is 0 Å². The Labute approximate surface area is 123 Å². The number of thioether (sulfide) groups is 1. The third kappa shape index (κ3) is 5.86. The quantitative estimate of drug-likeness (QED) is 0.409. The van der Waals surface area contributed by atoms with Crippen LogP contribution < -0.4 is 0 Å². The summed E-state index contributed by atoms with van der Waals surface area (Å²) in [6.45, 7) is 11.3. The first kappa shape index (κ1) is 16.4. The molecule has 0 saturated carbocycles. The summed E-state index contributed by atoms with van der Waals surface area (Å²) in [5, 5.41) is 0. The largest absolute Gasteiger partial charge is 0.126 e. The van der Waals surface area contributed by atoms with Gasteiger partial charge in [-0.15, -0.1) is 11.8 Å². The molecule has 0 atom stereocenters. The van der Waals surface area contributed by atoms with Gasteiger partial charge in [-0.05, 0) is 61.6 Å². The predicted molar refractivity (Wildman–Crippen MR) is 89.8 cm³/mol. The van der Waals surface area contributed by atoms with Crippen LogP contribution in [0, 0.1) is 5.92 Å². The van der Waals surface area contributed by atoms with Gasteiger partial charge in [0.15, 0.2) is 0 Å². The van der Waals surface area contributed by atoms with Crippen LogP contribution in [0.2, 0.25) is 0 Å². The standard InChI is InChI=1S/C18H28S/c1-6-7-11-19-18-10-8-9-17(13-18)16(5)15(4)12-14(2)3/h8-10,13-14H,6-7,11-12H2,1-5H3/b16-15-. The van der Waals surface area contributed by atoms with Crippen molar-refractivity contribution in [2.24, 2.45) is 5.92 Å². The Balaban J connectivity index is 2.80. The Bertz CT molecular complexity index is 415. The lowest BCUT2D eigenvalue weighted by Crippen LogP contribution is -1.92. The minimum atomic E-state index is 0.733. The topological polar surface area (TPSA) is 0 Å². The number of hydrogen-bond acceptors (Lipinski definition) is 1. The fraction of sp³-hybridized carbons (Fsp3) is 0.556. The van der Waals surface area contributed by atoms with E-state index in [-0.39, 0.29) is 0 Å². The van der Waals surface area contributed by atoms with Gasteiger partial charge in [-0.1, -0.05) is 44.9 Å². The van der Waals surface area contributed by atoms with Gasteiger partial charge in [0.25, 0.3) is 0 Å². The van der Waals surface area contributed by atoms with Crippen LogP contribution in [-0.2, 0) is 0 Å². The van der Waals surface area contributed by atoms with Crippen molar-refractivity contribution >= 4 is 17.3 Å². The van der Waals surface area contributed by atoms with Gasteiger partial charge in [0, 0.05) is 4.90 Å². The van der Waals surface area contributed by atoms with Gasteiger partial charge in [0.2, 0.25) is 0 Å². The van der Waals surface area contributed by atoms with Gasteiger partial charge in [-0.25, -0.2) is 0 Å². The summed E-state index contributed by atoms with van der Waals surface area (Å²) in [4.78, 5) is 1.41. The lowest BCUT2D eigenvalue weighted by molar-refractivity contribution is 0.643. The Hall–Kier alpha value is -0.690. The summed E-state index contributed by atoms with van der Waals surface area (Å²) >= 11 is 1.98. The summed E-state index contributed by atoms with van der Waals surface area (Å²) in [5.74, 6) is 1.96. The Kier molecular flexibility index (Phi) is 7.30. The highest BCUT2D eigenvalue weighted by atomic mass is 32.2. The van der Waals surface area contributed by atoms with Gasteiger partial charge >= 0.3 is 0 Å². The first-order valence-corrected chi connectivity index (χ1v) is 8.42. The minimum Gasteiger partial charge on any atom is -0.126 e. The lowest BCUT2D eigenvalue weighted by atomic mass is 9.96. The monoisotopic (exact) mass is 276 g/mol. The fourth-order valence-corrected chi connectivity index (χ4v) is 3.22. The molecule has 1 rings (SSSR count). The molecule has 0 saturated heterocycles. The van der Waals surface area contributed by atoms with Crippen LogP contribution in [0.3, 0.4) is 0 Å². The maximum atomic E-state index is 2.35. The van der Waals surface area contributed by atoms with E-state index in [2.05, 4.69) is 58.9 Å². The van der Waals surface area contributed by atoms with Crippen molar-refractivity contribution in [1.82, 2.24) is 0 Å². The number of rotatable bonds is 7. The molecule has 1 heteroatoms. The molecule has 0 nitrogen and oxygen atoms in total. The summed E-state index contributed by atoms with van der Waals surface area (Å²) in [6.07, 6.45) is 3.77. The minimum absolute atomic E-state index is 0.733. The van der Waals surface area contributed by atoms with Crippen molar-refractivity contribution in [3.05, 3.63) is 35.4 Å².